The van der Waals surface area contributed by atoms with Crippen molar-refractivity contribution in [3.8, 4) is 5.75 Å². The van der Waals surface area contributed by atoms with Crippen LogP contribution in [0, 0.1) is 0 Å². The van der Waals surface area contributed by atoms with E-state index in [4.69, 9.17) is 4.74 Å². The molecule has 3 heteroatoms. The summed E-state index contributed by atoms with van der Waals surface area (Å²) in [6.07, 6.45) is 0.962. The summed E-state index contributed by atoms with van der Waals surface area (Å²) >= 11 is 3.65. The first-order valence-corrected chi connectivity index (χ1v) is 7.67. The minimum absolute atomic E-state index is 0.280. The summed E-state index contributed by atoms with van der Waals surface area (Å²) in [5.41, 5.74) is 2.58. The number of hydrogen-bond acceptors (Lipinski definition) is 2. The minimum Gasteiger partial charge on any atom is -0.494 e. The van der Waals surface area contributed by atoms with Crippen molar-refractivity contribution in [2.24, 2.45) is 0 Å². The lowest BCUT2D eigenvalue weighted by atomic mass is 9.99. The van der Waals surface area contributed by atoms with Crippen LogP contribution in [0.2, 0.25) is 0 Å². The fraction of sp³-hybridized carbons (Fsp3) is 0.294. The SMILES string of the molecule is CCOc1ccc(C(Cc2ccccc2)NC)c(Br)c1. The molecule has 0 saturated heterocycles. The highest BCUT2D eigenvalue weighted by molar-refractivity contribution is 9.10. The number of rotatable bonds is 6. The van der Waals surface area contributed by atoms with Crippen molar-refractivity contribution in [3.05, 3.63) is 64.1 Å². The maximum Gasteiger partial charge on any atom is 0.120 e. The van der Waals surface area contributed by atoms with Crippen LogP contribution in [0.25, 0.3) is 0 Å². The number of ether oxygens (including phenoxy) is 1. The van der Waals surface area contributed by atoms with Crippen LogP contribution >= 0.6 is 15.9 Å². The molecule has 20 heavy (non-hydrogen) atoms. The lowest BCUT2D eigenvalue weighted by molar-refractivity contribution is 0.340. The third-order valence-corrected chi connectivity index (χ3v) is 3.98. The Morgan fingerprint density at radius 1 is 1.15 bits per heavy atom. The molecular formula is C17H20BrNO. The van der Waals surface area contributed by atoms with Gasteiger partial charge in [0.05, 0.1) is 6.61 Å². The van der Waals surface area contributed by atoms with Crippen LogP contribution in [0.15, 0.2) is 53.0 Å². The van der Waals surface area contributed by atoms with Crippen molar-refractivity contribution in [2.45, 2.75) is 19.4 Å². The first-order valence-electron chi connectivity index (χ1n) is 6.88. The number of likely N-dealkylation sites (N-methyl/N-ethyl adjacent to an activating group) is 1. The van der Waals surface area contributed by atoms with Gasteiger partial charge in [-0.05, 0) is 43.7 Å². The standard InChI is InChI=1S/C17H20BrNO/c1-3-20-14-9-10-15(16(18)12-14)17(19-2)11-13-7-5-4-6-8-13/h4-10,12,17,19H,3,11H2,1-2H3. The van der Waals surface area contributed by atoms with Crippen LogP contribution in [0.3, 0.4) is 0 Å². The number of nitrogens with one attached hydrogen (secondary N) is 1. The molecule has 2 nitrogen and oxygen atoms in total. The average molecular weight is 334 g/mol. The highest BCUT2D eigenvalue weighted by Crippen LogP contribution is 2.29. The van der Waals surface area contributed by atoms with Gasteiger partial charge in [-0.15, -0.1) is 0 Å². The van der Waals surface area contributed by atoms with Gasteiger partial charge in [-0.25, -0.2) is 0 Å². The summed E-state index contributed by atoms with van der Waals surface area (Å²) in [5, 5.41) is 3.39. The maximum atomic E-state index is 5.52. The molecule has 1 atom stereocenters. The molecule has 0 heterocycles. The first kappa shape index (κ1) is 15.1. The van der Waals surface area contributed by atoms with Crippen LogP contribution in [-0.4, -0.2) is 13.7 Å². The van der Waals surface area contributed by atoms with Gasteiger partial charge in [-0.3, -0.25) is 0 Å². The largest absolute Gasteiger partial charge is 0.494 e. The lowest BCUT2D eigenvalue weighted by Crippen LogP contribution is -2.19. The number of hydrogen-bond donors (Lipinski definition) is 1. The van der Waals surface area contributed by atoms with Crippen molar-refractivity contribution < 1.29 is 4.74 Å². The maximum absolute atomic E-state index is 5.52. The zero-order valence-electron chi connectivity index (χ0n) is 11.9. The number of benzene rings is 2. The Balaban J connectivity index is 2.19. The molecule has 0 aliphatic heterocycles. The van der Waals surface area contributed by atoms with E-state index in [0.29, 0.717) is 6.61 Å². The molecule has 0 aliphatic rings. The van der Waals surface area contributed by atoms with Gasteiger partial charge in [-0.2, -0.15) is 0 Å². The van der Waals surface area contributed by atoms with E-state index in [1.807, 2.05) is 32.2 Å². The molecule has 1 unspecified atom stereocenters. The summed E-state index contributed by atoms with van der Waals surface area (Å²) in [7, 11) is 2.00. The van der Waals surface area contributed by atoms with Crippen molar-refractivity contribution in [3.63, 3.8) is 0 Å². The molecule has 2 aromatic carbocycles. The summed E-state index contributed by atoms with van der Waals surface area (Å²) in [6, 6.07) is 17.0. The van der Waals surface area contributed by atoms with Gasteiger partial charge in [0.2, 0.25) is 0 Å². The Labute approximate surface area is 129 Å². The molecule has 106 valence electrons. The Morgan fingerprint density at radius 3 is 2.50 bits per heavy atom. The normalized spacial score (nSPS) is 12.2. The Hall–Kier alpha value is -1.32. The minimum atomic E-state index is 0.280. The molecule has 2 aromatic rings. The van der Waals surface area contributed by atoms with Crippen molar-refractivity contribution in [2.75, 3.05) is 13.7 Å². The lowest BCUT2D eigenvalue weighted by Gasteiger charge is -2.19. The molecule has 0 aliphatic carbocycles. The highest BCUT2D eigenvalue weighted by Gasteiger charge is 2.14. The summed E-state index contributed by atoms with van der Waals surface area (Å²) < 4.78 is 6.61. The molecule has 0 amide bonds. The van der Waals surface area contributed by atoms with E-state index < -0.39 is 0 Å². The van der Waals surface area contributed by atoms with E-state index >= 15 is 0 Å². The molecule has 0 fully saturated rings. The van der Waals surface area contributed by atoms with Crippen molar-refractivity contribution in [1.82, 2.24) is 5.32 Å². The molecule has 0 saturated carbocycles. The smallest absolute Gasteiger partial charge is 0.120 e. The summed E-state index contributed by atoms with van der Waals surface area (Å²) in [4.78, 5) is 0. The second-order valence-corrected chi connectivity index (χ2v) is 5.50. The summed E-state index contributed by atoms with van der Waals surface area (Å²) in [6.45, 7) is 2.68. The zero-order chi connectivity index (χ0) is 14.4. The molecule has 1 N–H and O–H groups in total. The number of halogens is 1. The van der Waals surface area contributed by atoms with E-state index in [1.165, 1.54) is 11.1 Å². The van der Waals surface area contributed by atoms with Gasteiger partial charge < -0.3 is 10.1 Å². The van der Waals surface area contributed by atoms with Gasteiger partial charge >= 0.3 is 0 Å². The highest BCUT2D eigenvalue weighted by atomic mass is 79.9. The molecule has 0 bridgehead atoms. The topological polar surface area (TPSA) is 21.3 Å². The monoisotopic (exact) mass is 333 g/mol. The Kier molecular flexibility index (Phi) is 5.62. The fourth-order valence-electron chi connectivity index (χ4n) is 2.26. The molecule has 0 radical (unpaired) electrons. The fourth-order valence-corrected chi connectivity index (χ4v) is 2.90. The van der Waals surface area contributed by atoms with Crippen molar-refractivity contribution in [1.29, 1.82) is 0 Å². The van der Waals surface area contributed by atoms with Crippen LogP contribution in [0.4, 0.5) is 0 Å². The predicted octanol–water partition coefficient (Wildman–Crippen LogP) is 4.35. The van der Waals surface area contributed by atoms with Crippen molar-refractivity contribution >= 4 is 15.9 Å². The third-order valence-electron chi connectivity index (χ3n) is 3.29. The second-order valence-electron chi connectivity index (χ2n) is 4.65. The molecule has 0 aromatic heterocycles. The van der Waals surface area contributed by atoms with Gasteiger partial charge in [0.1, 0.15) is 5.75 Å². The second kappa shape index (κ2) is 7.46. The van der Waals surface area contributed by atoms with E-state index in [-0.39, 0.29) is 6.04 Å². The van der Waals surface area contributed by atoms with Crippen LogP contribution < -0.4 is 10.1 Å². The van der Waals surface area contributed by atoms with Gasteiger partial charge in [0.15, 0.2) is 0 Å². The van der Waals surface area contributed by atoms with Gasteiger partial charge in [-0.1, -0.05) is 52.3 Å². The zero-order valence-corrected chi connectivity index (χ0v) is 13.5. The Morgan fingerprint density at radius 2 is 1.90 bits per heavy atom. The van der Waals surface area contributed by atoms with Gasteiger partial charge in [0.25, 0.3) is 0 Å². The predicted molar refractivity (Wildman–Crippen MR) is 87.3 cm³/mol. The first-order chi connectivity index (χ1) is 9.74. The average Bonchev–Trinajstić information content (AvgIpc) is 2.47. The quantitative estimate of drug-likeness (QED) is 0.848. The van der Waals surface area contributed by atoms with Gasteiger partial charge in [0, 0.05) is 10.5 Å². The Bertz CT molecular complexity index is 542. The van der Waals surface area contributed by atoms with Crippen LogP contribution in [0.1, 0.15) is 24.1 Å². The van der Waals surface area contributed by atoms with E-state index in [2.05, 4.69) is 51.6 Å². The van der Waals surface area contributed by atoms with E-state index in [1.54, 1.807) is 0 Å². The molecule has 0 spiro atoms. The van der Waals surface area contributed by atoms with E-state index in [0.717, 1.165) is 16.6 Å². The van der Waals surface area contributed by atoms with Crippen LogP contribution in [0.5, 0.6) is 5.75 Å². The third kappa shape index (κ3) is 3.84. The summed E-state index contributed by atoms with van der Waals surface area (Å²) in [5.74, 6) is 0.901. The van der Waals surface area contributed by atoms with Crippen LogP contribution in [-0.2, 0) is 6.42 Å². The molecule has 2 rings (SSSR count). The molecular weight excluding hydrogens is 314 g/mol. The van der Waals surface area contributed by atoms with E-state index in [9.17, 15) is 0 Å².